The molecule has 0 aliphatic heterocycles. The summed E-state index contributed by atoms with van der Waals surface area (Å²) in [6.07, 6.45) is 1.51. The van der Waals surface area contributed by atoms with E-state index in [1.807, 2.05) is 0 Å². The van der Waals surface area contributed by atoms with Crippen molar-refractivity contribution in [3.05, 3.63) is 40.5 Å². The molecule has 0 bridgehead atoms. The second-order valence-corrected chi connectivity index (χ2v) is 3.77. The number of carbonyl (C=O) groups excluding carboxylic acids is 1. The third-order valence-corrected chi connectivity index (χ3v) is 2.35. The maximum absolute atomic E-state index is 11.0. The van der Waals surface area contributed by atoms with Gasteiger partial charge in [-0.1, -0.05) is 12.7 Å². The Balaban J connectivity index is 3.18. The zero-order chi connectivity index (χ0) is 15.1. The van der Waals surface area contributed by atoms with Crippen molar-refractivity contribution in [1.82, 2.24) is 0 Å². The molecule has 1 aromatic rings. The summed E-state index contributed by atoms with van der Waals surface area (Å²) in [5, 5.41) is 11.0. The average molecular weight is 281 g/mol. The standard InChI is InChI=1S/C13H15NO6/c1-4-5-19-13-7-11(14(16)17)10(6-12(13)18-3)8-20-9(2)15/h4,6-7H,1,5,8H2,2-3H3. The lowest BCUT2D eigenvalue weighted by molar-refractivity contribution is -0.385. The lowest BCUT2D eigenvalue weighted by Gasteiger charge is -2.11. The van der Waals surface area contributed by atoms with E-state index < -0.39 is 10.9 Å². The Morgan fingerprint density at radius 3 is 2.65 bits per heavy atom. The summed E-state index contributed by atoms with van der Waals surface area (Å²) >= 11 is 0. The van der Waals surface area contributed by atoms with Crippen LogP contribution in [0.3, 0.4) is 0 Å². The van der Waals surface area contributed by atoms with E-state index in [0.29, 0.717) is 5.75 Å². The molecule has 0 aliphatic rings. The van der Waals surface area contributed by atoms with Gasteiger partial charge < -0.3 is 14.2 Å². The molecule has 0 saturated carbocycles. The smallest absolute Gasteiger partial charge is 0.302 e. The Bertz CT molecular complexity index is 526. The van der Waals surface area contributed by atoms with E-state index in [1.54, 1.807) is 0 Å². The Kier molecular flexibility index (Phi) is 5.52. The van der Waals surface area contributed by atoms with Crippen LogP contribution >= 0.6 is 0 Å². The third kappa shape index (κ3) is 3.98. The minimum atomic E-state index is -0.570. The van der Waals surface area contributed by atoms with Crippen molar-refractivity contribution in [1.29, 1.82) is 0 Å². The second-order valence-electron chi connectivity index (χ2n) is 3.77. The van der Waals surface area contributed by atoms with E-state index in [9.17, 15) is 14.9 Å². The zero-order valence-corrected chi connectivity index (χ0v) is 11.3. The molecule has 0 aromatic heterocycles. The van der Waals surface area contributed by atoms with Crippen LogP contribution in [-0.2, 0) is 16.1 Å². The summed E-state index contributed by atoms with van der Waals surface area (Å²) < 4.78 is 15.2. The monoisotopic (exact) mass is 281 g/mol. The van der Waals surface area contributed by atoms with Crippen LogP contribution < -0.4 is 9.47 Å². The number of carbonyl (C=O) groups is 1. The van der Waals surface area contributed by atoms with Crippen molar-refractivity contribution < 1.29 is 23.9 Å². The van der Waals surface area contributed by atoms with Gasteiger partial charge in [-0.15, -0.1) is 0 Å². The van der Waals surface area contributed by atoms with E-state index in [1.165, 1.54) is 32.2 Å². The highest BCUT2D eigenvalue weighted by atomic mass is 16.6. The van der Waals surface area contributed by atoms with Gasteiger partial charge in [0, 0.05) is 6.92 Å². The molecule has 20 heavy (non-hydrogen) atoms. The summed E-state index contributed by atoms with van der Waals surface area (Å²) in [6.45, 7) is 4.71. The van der Waals surface area contributed by atoms with E-state index in [4.69, 9.17) is 14.2 Å². The molecule has 0 amide bonds. The maximum Gasteiger partial charge on any atom is 0.302 e. The molecule has 7 nitrogen and oxygen atoms in total. The van der Waals surface area contributed by atoms with Crippen LogP contribution in [0.2, 0.25) is 0 Å². The molecule has 0 radical (unpaired) electrons. The van der Waals surface area contributed by atoms with Gasteiger partial charge in [-0.05, 0) is 6.07 Å². The Morgan fingerprint density at radius 2 is 2.15 bits per heavy atom. The number of esters is 1. The molecule has 7 heteroatoms. The predicted molar refractivity (Wildman–Crippen MR) is 70.8 cm³/mol. The van der Waals surface area contributed by atoms with Crippen molar-refractivity contribution in [2.24, 2.45) is 0 Å². The van der Waals surface area contributed by atoms with Crippen molar-refractivity contribution in [2.75, 3.05) is 13.7 Å². The van der Waals surface area contributed by atoms with E-state index in [2.05, 4.69) is 6.58 Å². The van der Waals surface area contributed by atoms with E-state index in [-0.39, 0.29) is 30.2 Å². The van der Waals surface area contributed by atoms with Crippen LogP contribution in [0.15, 0.2) is 24.8 Å². The van der Waals surface area contributed by atoms with Crippen molar-refractivity contribution in [2.45, 2.75) is 13.5 Å². The van der Waals surface area contributed by atoms with Crippen LogP contribution in [0.1, 0.15) is 12.5 Å². The third-order valence-electron chi connectivity index (χ3n) is 2.35. The minimum absolute atomic E-state index is 0.191. The molecular formula is C13H15NO6. The molecule has 0 saturated heterocycles. The van der Waals surface area contributed by atoms with E-state index in [0.717, 1.165) is 0 Å². The van der Waals surface area contributed by atoms with Crippen LogP contribution in [0.4, 0.5) is 5.69 Å². The average Bonchev–Trinajstić information content (AvgIpc) is 2.42. The number of hydrogen-bond acceptors (Lipinski definition) is 6. The highest BCUT2D eigenvalue weighted by Gasteiger charge is 2.20. The molecule has 0 aliphatic carbocycles. The zero-order valence-electron chi connectivity index (χ0n) is 11.3. The van der Waals surface area contributed by atoms with Crippen molar-refractivity contribution >= 4 is 11.7 Å². The lowest BCUT2D eigenvalue weighted by atomic mass is 10.1. The minimum Gasteiger partial charge on any atom is -0.493 e. The number of ether oxygens (including phenoxy) is 3. The van der Waals surface area contributed by atoms with Gasteiger partial charge in [0.05, 0.1) is 23.7 Å². The SMILES string of the molecule is C=CCOc1cc([N+](=O)[O-])c(COC(C)=O)cc1OC. The summed E-state index contributed by atoms with van der Waals surface area (Å²) in [4.78, 5) is 21.3. The van der Waals surface area contributed by atoms with E-state index >= 15 is 0 Å². The predicted octanol–water partition coefficient (Wildman–Crippen LogP) is 2.23. The largest absolute Gasteiger partial charge is 0.493 e. The van der Waals surface area contributed by atoms with Crippen molar-refractivity contribution in [3.63, 3.8) is 0 Å². The highest BCUT2D eigenvalue weighted by Crippen LogP contribution is 2.35. The Morgan fingerprint density at radius 1 is 1.45 bits per heavy atom. The van der Waals surface area contributed by atoms with Crippen LogP contribution in [0.25, 0.3) is 0 Å². The first-order chi connectivity index (χ1) is 9.49. The van der Waals surface area contributed by atoms with Gasteiger partial charge in [0.15, 0.2) is 11.5 Å². The fourth-order valence-corrected chi connectivity index (χ4v) is 1.48. The Labute approximate surface area is 115 Å². The topological polar surface area (TPSA) is 87.9 Å². The summed E-state index contributed by atoms with van der Waals surface area (Å²) in [6, 6.07) is 2.65. The maximum atomic E-state index is 11.0. The summed E-state index contributed by atoms with van der Waals surface area (Å²) in [5.74, 6) is 0.0236. The van der Waals surface area contributed by atoms with Gasteiger partial charge in [0.25, 0.3) is 5.69 Å². The van der Waals surface area contributed by atoms with Crippen LogP contribution in [-0.4, -0.2) is 24.6 Å². The number of rotatable bonds is 7. The molecule has 108 valence electrons. The number of methoxy groups -OCH3 is 1. The highest BCUT2D eigenvalue weighted by molar-refractivity contribution is 5.66. The first kappa shape index (κ1) is 15.5. The lowest BCUT2D eigenvalue weighted by Crippen LogP contribution is -2.04. The first-order valence-corrected chi connectivity index (χ1v) is 5.72. The van der Waals surface area contributed by atoms with Gasteiger partial charge in [-0.3, -0.25) is 14.9 Å². The molecule has 0 heterocycles. The van der Waals surface area contributed by atoms with Gasteiger partial charge in [0.1, 0.15) is 13.2 Å². The Hall–Kier alpha value is -2.57. The van der Waals surface area contributed by atoms with Gasteiger partial charge >= 0.3 is 5.97 Å². The molecule has 0 spiro atoms. The number of nitro benzene ring substituents is 1. The molecule has 0 N–H and O–H groups in total. The number of nitro groups is 1. The molecule has 0 unspecified atom stereocenters. The molecule has 1 aromatic carbocycles. The number of nitrogens with zero attached hydrogens (tertiary/aromatic N) is 1. The number of hydrogen-bond donors (Lipinski definition) is 0. The summed E-state index contributed by atoms with van der Waals surface area (Å²) in [7, 11) is 1.41. The molecular weight excluding hydrogens is 266 g/mol. The van der Waals surface area contributed by atoms with Gasteiger partial charge in [-0.25, -0.2) is 0 Å². The quantitative estimate of drug-likeness (QED) is 0.329. The molecule has 0 fully saturated rings. The van der Waals surface area contributed by atoms with Crippen LogP contribution in [0, 0.1) is 10.1 Å². The fourth-order valence-electron chi connectivity index (χ4n) is 1.48. The van der Waals surface area contributed by atoms with Gasteiger partial charge in [-0.2, -0.15) is 0 Å². The second kappa shape index (κ2) is 7.13. The number of benzene rings is 1. The van der Waals surface area contributed by atoms with Crippen LogP contribution in [0.5, 0.6) is 11.5 Å². The summed E-state index contributed by atoms with van der Waals surface area (Å²) in [5.41, 5.74) is 0.0270. The van der Waals surface area contributed by atoms with Crippen molar-refractivity contribution in [3.8, 4) is 11.5 Å². The first-order valence-electron chi connectivity index (χ1n) is 5.72. The van der Waals surface area contributed by atoms with Gasteiger partial charge in [0.2, 0.25) is 0 Å². The molecule has 1 rings (SSSR count). The fraction of sp³-hybridized carbons (Fsp3) is 0.308. The molecule has 0 atom stereocenters. The normalized spacial score (nSPS) is 9.70.